The number of likely N-dealkylation sites (N-methyl/N-ethyl adjacent to an activating group) is 1. The predicted molar refractivity (Wildman–Crippen MR) is 125 cm³/mol. The second kappa shape index (κ2) is 9.35. The van der Waals surface area contributed by atoms with Gasteiger partial charge in [0.15, 0.2) is 0 Å². The number of piperazine rings is 1. The van der Waals surface area contributed by atoms with Gasteiger partial charge in [-0.3, -0.25) is 24.2 Å². The average Bonchev–Trinajstić information content (AvgIpc) is 3.05. The van der Waals surface area contributed by atoms with Gasteiger partial charge in [-0.2, -0.15) is 0 Å². The van der Waals surface area contributed by atoms with Crippen molar-refractivity contribution in [3.8, 4) is 5.75 Å². The maximum absolute atomic E-state index is 13.4. The molecule has 0 spiro atoms. The van der Waals surface area contributed by atoms with E-state index in [-0.39, 0.29) is 30.6 Å². The van der Waals surface area contributed by atoms with Gasteiger partial charge in [0.25, 0.3) is 0 Å². The summed E-state index contributed by atoms with van der Waals surface area (Å²) in [4.78, 5) is 44.5. The number of hydrogen-bond acceptors (Lipinski definition) is 5. The van der Waals surface area contributed by atoms with E-state index in [1.165, 1.54) is 25.3 Å². The van der Waals surface area contributed by atoms with E-state index < -0.39 is 5.41 Å². The largest absolute Gasteiger partial charge is 0.496 e. The molecule has 7 nitrogen and oxygen atoms in total. The Kier molecular flexibility index (Phi) is 6.51. The normalized spacial score (nSPS) is 21.5. The Bertz CT molecular complexity index is 1060. The molecule has 33 heavy (non-hydrogen) atoms. The van der Waals surface area contributed by atoms with Gasteiger partial charge in [0.05, 0.1) is 12.5 Å². The fourth-order valence-electron chi connectivity index (χ4n) is 4.92. The fourth-order valence-corrected chi connectivity index (χ4v) is 4.92. The summed E-state index contributed by atoms with van der Waals surface area (Å²) in [5.74, 6) is -0.206. The highest BCUT2D eigenvalue weighted by Crippen LogP contribution is 2.43. The molecule has 2 saturated heterocycles. The van der Waals surface area contributed by atoms with Gasteiger partial charge in [0, 0.05) is 58.2 Å². The molecule has 2 aliphatic rings. The summed E-state index contributed by atoms with van der Waals surface area (Å²) in [5.41, 5.74) is 1.93. The lowest BCUT2D eigenvalue weighted by Crippen LogP contribution is -2.50. The van der Waals surface area contributed by atoms with Crippen molar-refractivity contribution in [2.45, 2.75) is 31.7 Å². The molecule has 4 rings (SSSR count). The van der Waals surface area contributed by atoms with Crippen LogP contribution in [-0.2, 0) is 26.3 Å². The van der Waals surface area contributed by atoms with Crippen molar-refractivity contribution < 1.29 is 19.1 Å². The number of imide groups is 1. The van der Waals surface area contributed by atoms with Crippen molar-refractivity contribution in [1.82, 2.24) is 14.7 Å². The molecule has 2 aliphatic heterocycles. The number of benzene rings is 2. The van der Waals surface area contributed by atoms with Crippen molar-refractivity contribution in [3.05, 3.63) is 65.2 Å². The minimum atomic E-state index is -1.23. The first-order chi connectivity index (χ1) is 15.9. The summed E-state index contributed by atoms with van der Waals surface area (Å²) in [5, 5.41) is 0. The zero-order valence-corrected chi connectivity index (χ0v) is 19.5. The highest BCUT2D eigenvalue weighted by Gasteiger charge is 2.54. The summed E-state index contributed by atoms with van der Waals surface area (Å²) in [7, 11) is 3.02. The zero-order valence-electron chi connectivity index (χ0n) is 19.5. The minimum Gasteiger partial charge on any atom is -0.496 e. The van der Waals surface area contributed by atoms with E-state index in [1.54, 1.807) is 12.1 Å². The van der Waals surface area contributed by atoms with Gasteiger partial charge in [-0.1, -0.05) is 42.5 Å². The molecule has 0 saturated carbocycles. The molecular formula is C26H31N3O4. The maximum Gasteiger partial charge on any atom is 0.240 e. The van der Waals surface area contributed by atoms with Gasteiger partial charge in [-0.15, -0.1) is 0 Å². The number of carbonyl (C=O) groups is 3. The summed E-state index contributed by atoms with van der Waals surface area (Å²) in [6.45, 7) is 5.72. The number of methoxy groups -OCH3 is 1. The van der Waals surface area contributed by atoms with Crippen molar-refractivity contribution >= 4 is 17.7 Å². The number of likely N-dealkylation sites (tertiary alicyclic amines) is 1. The molecule has 3 amide bonds. The first-order valence-electron chi connectivity index (χ1n) is 11.3. The Labute approximate surface area is 194 Å². The number of para-hydroxylation sites is 1. The van der Waals surface area contributed by atoms with E-state index >= 15 is 0 Å². The van der Waals surface area contributed by atoms with Crippen LogP contribution >= 0.6 is 0 Å². The SMILES string of the molecule is COc1ccccc1C1(CC(=O)N2CCN(Cc3ccccc3C)CC2)CC(=O)N(C)C1=O. The van der Waals surface area contributed by atoms with Crippen molar-refractivity contribution in [2.24, 2.45) is 0 Å². The van der Waals surface area contributed by atoms with Gasteiger partial charge < -0.3 is 9.64 Å². The number of nitrogens with zero attached hydrogens (tertiary/aromatic N) is 3. The zero-order chi connectivity index (χ0) is 23.6. The Hall–Kier alpha value is -3.19. The van der Waals surface area contributed by atoms with Crippen LogP contribution in [0.25, 0.3) is 0 Å². The molecule has 2 aromatic rings. The van der Waals surface area contributed by atoms with Crippen LogP contribution in [0.1, 0.15) is 29.5 Å². The molecule has 0 aliphatic carbocycles. The minimum absolute atomic E-state index is 0.0261. The third kappa shape index (κ3) is 4.37. The average molecular weight is 450 g/mol. The van der Waals surface area contributed by atoms with Crippen molar-refractivity contribution in [3.63, 3.8) is 0 Å². The standard InChI is InChI=1S/C26H31N3O4/c1-19-8-4-5-9-20(19)18-28-12-14-29(15-13-28)24(31)17-26(16-23(30)27(2)25(26)32)21-10-6-7-11-22(21)33-3/h4-11H,12-18H2,1-3H3. The predicted octanol–water partition coefficient (Wildman–Crippen LogP) is 2.36. The number of ether oxygens (including phenoxy) is 1. The van der Waals surface area contributed by atoms with Gasteiger partial charge in [-0.05, 0) is 24.1 Å². The van der Waals surface area contributed by atoms with Gasteiger partial charge in [0.2, 0.25) is 17.7 Å². The van der Waals surface area contributed by atoms with Gasteiger partial charge in [0.1, 0.15) is 5.75 Å². The lowest BCUT2D eigenvalue weighted by atomic mass is 9.75. The first kappa shape index (κ1) is 23.0. The molecule has 2 heterocycles. The van der Waals surface area contributed by atoms with Crippen LogP contribution in [0.3, 0.4) is 0 Å². The van der Waals surface area contributed by atoms with Crippen LogP contribution in [0.4, 0.5) is 0 Å². The molecule has 1 atom stereocenters. The molecule has 2 aromatic carbocycles. The second-order valence-corrected chi connectivity index (χ2v) is 8.98. The molecule has 7 heteroatoms. The van der Waals surface area contributed by atoms with Crippen LogP contribution in [-0.4, -0.2) is 72.8 Å². The molecule has 1 unspecified atom stereocenters. The van der Waals surface area contributed by atoms with Gasteiger partial charge >= 0.3 is 0 Å². The number of carbonyl (C=O) groups excluding carboxylic acids is 3. The number of aryl methyl sites for hydroxylation is 1. The monoisotopic (exact) mass is 449 g/mol. The highest BCUT2D eigenvalue weighted by atomic mass is 16.5. The van der Waals surface area contributed by atoms with E-state index in [1.807, 2.05) is 23.1 Å². The lowest BCUT2D eigenvalue weighted by molar-refractivity contribution is -0.142. The van der Waals surface area contributed by atoms with Crippen molar-refractivity contribution in [1.29, 1.82) is 0 Å². The van der Waals surface area contributed by atoms with E-state index in [0.29, 0.717) is 24.4 Å². The quantitative estimate of drug-likeness (QED) is 0.634. The van der Waals surface area contributed by atoms with E-state index in [9.17, 15) is 14.4 Å². The molecular weight excluding hydrogens is 418 g/mol. The summed E-state index contributed by atoms with van der Waals surface area (Å²) >= 11 is 0. The number of amides is 3. The van der Waals surface area contributed by atoms with Crippen LogP contribution in [0.5, 0.6) is 5.75 Å². The van der Waals surface area contributed by atoms with Crippen LogP contribution in [0.15, 0.2) is 48.5 Å². The first-order valence-corrected chi connectivity index (χ1v) is 11.3. The molecule has 174 valence electrons. The Morgan fingerprint density at radius 3 is 2.30 bits per heavy atom. The summed E-state index contributed by atoms with van der Waals surface area (Å²) in [6, 6.07) is 15.5. The van der Waals surface area contributed by atoms with E-state index in [0.717, 1.165) is 24.5 Å². The van der Waals surface area contributed by atoms with E-state index in [4.69, 9.17) is 4.74 Å². The van der Waals surface area contributed by atoms with Crippen molar-refractivity contribution in [2.75, 3.05) is 40.3 Å². The lowest BCUT2D eigenvalue weighted by Gasteiger charge is -2.37. The highest BCUT2D eigenvalue weighted by molar-refractivity contribution is 6.10. The molecule has 0 bridgehead atoms. The molecule has 2 fully saturated rings. The molecule has 0 N–H and O–H groups in total. The van der Waals surface area contributed by atoms with E-state index in [2.05, 4.69) is 30.0 Å². The summed E-state index contributed by atoms with van der Waals surface area (Å²) < 4.78 is 5.50. The molecule has 0 radical (unpaired) electrons. The van der Waals surface area contributed by atoms with Gasteiger partial charge in [-0.25, -0.2) is 0 Å². The topological polar surface area (TPSA) is 70.2 Å². The molecule has 0 aromatic heterocycles. The Morgan fingerprint density at radius 1 is 1.00 bits per heavy atom. The Morgan fingerprint density at radius 2 is 1.67 bits per heavy atom. The third-order valence-electron chi connectivity index (χ3n) is 7.00. The fraction of sp³-hybridized carbons (Fsp3) is 0.423. The maximum atomic E-state index is 13.4. The summed E-state index contributed by atoms with van der Waals surface area (Å²) in [6.07, 6.45) is -0.0677. The number of hydrogen-bond donors (Lipinski definition) is 0. The smallest absolute Gasteiger partial charge is 0.240 e. The van der Waals surface area contributed by atoms with Crippen LogP contribution < -0.4 is 4.74 Å². The van der Waals surface area contributed by atoms with Crippen LogP contribution in [0, 0.1) is 6.92 Å². The Balaban J connectivity index is 1.49. The van der Waals surface area contributed by atoms with Crippen LogP contribution in [0.2, 0.25) is 0 Å². The number of rotatable bonds is 6. The second-order valence-electron chi connectivity index (χ2n) is 8.98. The third-order valence-corrected chi connectivity index (χ3v) is 7.00.